The van der Waals surface area contributed by atoms with Crippen molar-refractivity contribution in [3.63, 3.8) is 0 Å². The summed E-state index contributed by atoms with van der Waals surface area (Å²) < 4.78 is 5.44. The van der Waals surface area contributed by atoms with Crippen LogP contribution in [0.1, 0.15) is 92.6 Å². The van der Waals surface area contributed by atoms with E-state index < -0.39 is 0 Å². The van der Waals surface area contributed by atoms with E-state index in [1.807, 2.05) is 24.3 Å². The Morgan fingerprint density at radius 3 is 2.06 bits per heavy atom. The Morgan fingerprint density at radius 2 is 1.50 bits per heavy atom. The highest BCUT2D eigenvalue weighted by Gasteiger charge is 2.37. The Balaban J connectivity index is 0.00000408. The van der Waals surface area contributed by atoms with Crippen LogP contribution in [-0.2, 0) is 15.6 Å². The molecule has 0 amide bonds. The predicted molar refractivity (Wildman–Crippen MR) is 147 cm³/mol. The number of likely N-dealkylation sites (N-methyl/N-ethyl adjacent to an activating group) is 1. The summed E-state index contributed by atoms with van der Waals surface area (Å²) in [6.07, 6.45) is 6.77. The Kier molecular flexibility index (Phi) is 9.56. The Labute approximate surface area is 213 Å². The average molecular weight is 484 g/mol. The first-order valence-corrected chi connectivity index (χ1v) is 12.4. The van der Waals surface area contributed by atoms with E-state index in [4.69, 9.17) is 4.74 Å². The van der Waals surface area contributed by atoms with Crippen molar-refractivity contribution in [3.05, 3.63) is 69.8 Å². The number of aryl methyl sites for hydroxylation is 1. The highest BCUT2D eigenvalue weighted by molar-refractivity contribution is 5.89. The molecule has 3 nitrogen and oxygen atoms in total. The van der Waals surface area contributed by atoms with Crippen LogP contribution >= 0.6 is 12.4 Å². The summed E-state index contributed by atoms with van der Waals surface area (Å²) in [5.74, 6) is -0.256. The molecule has 34 heavy (non-hydrogen) atoms. The number of hydrogen-bond donors (Lipinski definition) is 0. The predicted octanol–water partition coefficient (Wildman–Crippen LogP) is 7.43. The van der Waals surface area contributed by atoms with Crippen LogP contribution in [0.5, 0.6) is 0 Å². The summed E-state index contributed by atoms with van der Waals surface area (Å²) >= 11 is 0. The molecule has 0 radical (unpaired) electrons. The van der Waals surface area contributed by atoms with Crippen LogP contribution in [-0.4, -0.2) is 37.1 Å². The number of esters is 1. The Bertz CT molecular complexity index is 1000. The SMILES string of the molecule is CCN(CC)CCOC(=O)c1ccc(C=Cc2cc3c(cc2C)C(C)(C)CCC3(C)C)cc1.Cl. The summed E-state index contributed by atoms with van der Waals surface area (Å²) in [5.41, 5.74) is 7.65. The van der Waals surface area contributed by atoms with Gasteiger partial charge in [-0.3, -0.25) is 0 Å². The maximum absolute atomic E-state index is 12.3. The van der Waals surface area contributed by atoms with Crippen LogP contribution in [0.4, 0.5) is 0 Å². The lowest BCUT2D eigenvalue weighted by Gasteiger charge is -2.42. The molecule has 0 bridgehead atoms. The summed E-state index contributed by atoms with van der Waals surface area (Å²) in [6, 6.07) is 12.5. The van der Waals surface area contributed by atoms with Gasteiger partial charge in [-0.25, -0.2) is 4.79 Å². The zero-order chi connectivity index (χ0) is 24.2. The molecular weight excluding hydrogens is 442 g/mol. The van der Waals surface area contributed by atoms with Crippen molar-refractivity contribution in [3.8, 4) is 0 Å². The highest BCUT2D eigenvalue weighted by Crippen LogP contribution is 2.46. The number of halogens is 1. The van der Waals surface area contributed by atoms with E-state index in [-0.39, 0.29) is 29.2 Å². The van der Waals surface area contributed by atoms with Crippen molar-refractivity contribution >= 4 is 30.5 Å². The molecule has 0 saturated carbocycles. The van der Waals surface area contributed by atoms with Crippen molar-refractivity contribution in [2.75, 3.05) is 26.2 Å². The molecule has 0 unspecified atom stereocenters. The number of hydrogen-bond acceptors (Lipinski definition) is 3. The summed E-state index contributed by atoms with van der Waals surface area (Å²) in [6.45, 7) is 19.0. The molecule has 2 aromatic rings. The van der Waals surface area contributed by atoms with Gasteiger partial charge in [0.05, 0.1) is 5.56 Å². The van der Waals surface area contributed by atoms with E-state index in [1.54, 1.807) is 0 Å². The number of nitrogens with zero attached hydrogens (tertiary/aromatic N) is 1. The van der Waals surface area contributed by atoms with E-state index >= 15 is 0 Å². The molecule has 1 aliphatic carbocycles. The molecule has 3 rings (SSSR count). The normalized spacial score (nSPS) is 16.2. The van der Waals surface area contributed by atoms with Crippen molar-refractivity contribution in [2.24, 2.45) is 0 Å². The van der Waals surface area contributed by atoms with E-state index in [1.165, 1.54) is 35.1 Å². The first-order chi connectivity index (χ1) is 15.6. The van der Waals surface area contributed by atoms with Gasteiger partial charge < -0.3 is 9.64 Å². The van der Waals surface area contributed by atoms with Crippen LogP contribution in [0.2, 0.25) is 0 Å². The molecule has 0 atom stereocenters. The van der Waals surface area contributed by atoms with E-state index in [2.05, 4.69) is 77.7 Å². The van der Waals surface area contributed by atoms with Gasteiger partial charge in [-0.05, 0) is 83.6 Å². The highest BCUT2D eigenvalue weighted by atomic mass is 35.5. The van der Waals surface area contributed by atoms with Gasteiger partial charge in [-0.2, -0.15) is 0 Å². The zero-order valence-corrected chi connectivity index (χ0v) is 22.8. The second-order valence-electron chi connectivity index (χ2n) is 10.6. The van der Waals surface area contributed by atoms with Crippen LogP contribution in [0.3, 0.4) is 0 Å². The number of carbonyl (C=O) groups excluding carboxylic acids is 1. The zero-order valence-electron chi connectivity index (χ0n) is 22.0. The molecule has 1 aliphatic rings. The van der Waals surface area contributed by atoms with Crippen molar-refractivity contribution in [1.29, 1.82) is 0 Å². The van der Waals surface area contributed by atoms with Crippen molar-refractivity contribution in [1.82, 2.24) is 4.90 Å². The molecule has 4 heteroatoms. The van der Waals surface area contributed by atoms with Gasteiger partial charge in [0.15, 0.2) is 0 Å². The quantitative estimate of drug-likeness (QED) is 0.288. The number of fused-ring (bicyclic) bond motifs is 1. The van der Waals surface area contributed by atoms with Crippen LogP contribution in [0.15, 0.2) is 36.4 Å². The van der Waals surface area contributed by atoms with Gasteiger partial charge in [0.2, 0.25) is 0 Å². The number of rotatable bonds is 8. The maximum Gasteiger partial charge on any atom is 0.338 e. The first-order valence-electron chi connectivity index (χ1n) is 12.4. The standard InChI is InChI=1S/C30H41NO2.ClH/c1-8-31(9-2)18-19-33-28(32)24-13-10-23(11-14-24)12-15-25-21-27-26(20-22(25)3)29(4,5)16-17-30(27,6)7;/h10-15,20-21H,8-9,16-19H2,1-7H3;1H. The summed E-state index contributed by atoms with van der Waals surface area (Å²) in [7, 11) is 0. The average Bonchev–Trinajstić information content (AvgIpc) is 2.79. The number of carbonyl (C=O) groups is 1. The second kappa shape index (κ2) is 11.6. The lowest BCUT2D eigenvalue weighted by Crippen LogP contribution is -2.34. The second-order valence-corrected chi connectivity index (χ2v) is 10.6. The maximum atomic E-state index is 12.3. The van der Waals surface area contributed by atoms with Crippen LogP contribution in [0.25, 0.3) is 12.2 Å². The Morgan fingerprint density at radius 1 is 0.941 bits per heavy atom. The minimum absolute atomic E-state index is 0. The molecule has 0 aromatic heterocycles. The van der Waals surface area contributed by atoms with Crippen molar-refractivity contribution < 1.29 is 9.53 Å². The van der Waals surface area contributed by atoms with Crippen LogP contribution < -0.4 is 0 Å². The van der Waals surface area contributed by atoms with Crippen LogP contribution in [0, 0.1) is 6.92 Å². The van der Waals surface area contributed by atoms with E-state index in [9.17, 15) is 4.79 Å². The molecule has 0 N–H and O–H groups in total. The fraction of sp³-hybridized carbons (Fsp3) is 0.500. The largest absolute Gasteiger partial charge is 0.461 e. The molecule has 0 saturated heterocycles. The minimum Gasteiger partial charge on any atom is -0.461 e. The third kappa shape index (κ3) is 6.52. The van der Waals surface area contributed by atoms with Gasteiger partial charge >= 0.3 is 5.97 Å². The van der Waals surface area contributed by atoms with E-state index in [0.717, 1.165) is 25.2 Å². The Hall–Kier alpha value is -2.10. The van der Waals surface area contributed by atoms with Crippen molar-refractivity contribution in [2.45, 2.75) is 72.1 Å². The summed E-state index contributed by atoms with van der Waals surface area (Å²) in [5, 5.41) is 0. The number of benzene rings is 2. The van der Waals surface area contributed by atoms with Gasteiger partial charge in [-0.1, -0.05) is 78.0 Å². The summed E-state index contributed by atoms with van der Waals surface area (Å²) in [4.78, 5) is 14.6. The molecular formula is C30H42ClNO2. The monoisotopic (exact) mass is 483 g/mol. The first kappa shape index (κ1) is 28.1. The molecule has 0 aliphatic heterocycles. The molecule has 2 aromatic carbocycles. The van der Waals surface area contributed by atoms with Gasteiger partial charge in [0.1, 0.15) is 6.61 Å². The topological polar surface area (TPSA) is 29.5 Å². The fourth-order valence-electron chi connectivity index (χ4n) is 4.73. The number of ether oxygens (including phenoxy) is 1. The fourth-order valence-corrected chi connectivity index (χ4v) is 4.73. The lowest BCUT2D eigenvalue weighted by atomic mass is 9.62. The van der Waals surface area contributed by atoms with Gasteiger partial charge in [0.25, 0.3) is 0 Å². The van der Waals surface area contributed by atoms with Gasteiger partial charge in [0, 0.05) is 6.54 Å². The third-order valence-corrected chi connectivity index (χ3v) is 7.38. The van der Waals surface area contributed by atoms with Gasteiger partial charge in [-0.15, -0.1) is 12.4 Å². The molecule has 0 spiro atoms. The molecule has 0 fully saturated rings. The smallest absolute Gasteiger partial charge is 0.338 e. The third-order valence-electron chi connectivity index (χ3n) is 7.38. The minimum atomic E-state index is -0.256. The van der Waals surface area contributed by atoms with E-state index in [0.29, 0.717) is 12.2 Å². The molecule has 0 heterocycles. The molecule has 186 valence electrons. The lowest BCUT2D eigenvalue weighted by molar-refractivity contribution is 0.0466.